The highest BCUT2D eigenvalue weighted by molar-refractivity contribution is 5.94. The second kappa shape index (κ2) is 7.03. The smallest absolute Gasteiger partial charge is 0.248 e. The van der Waals surface area contributed by atoms with Gasteiger partial charge >= 0.3 is 0 Å². The van der Waals surface area contributed by atoms with E-state index in [9.17, 15) is 9.59 Å². The van der Waals surface area contributed by atoms with Gasteiger partial charge in [0.1, 0.15) is 0 Å². The Morgan fingerprint density at radius 2 is 1.93 bits per heavy atom. The Kier molecular flexibility index (Phi) is 4.41. The summed E-state index contributed by atoms with van der Waals surface area (Å²) in [4.78, 5) is 26.5. The second-order valence-corrected chi connectivity index (χ2v) is 6.40. The van der Waals surface area contributed by atoms with E-state index in [0.29, 0.717) is 29.1 Å². The highest BCUT2D eigenvalue weighted by Crippen LogP contribution is 2.27. The molecule has 139 valence electrons. The fraction of sp³-hybridized carbons (Fsp3) is 0.0476. The maximum atomic E-state index is 12.1. The van der Waals surface area contributed by atoms with Crippen molar-refractivity contribution in [1.29, 1.82) is 0 Å². The van der Waals surface area contributed by atoms with Crippen LogP contribution in [0, 0.1) is 6.42 Å². The largest absolute Gasteiger partial charge is 0.380 e. The molecule has 2 heterocycles. The van der Waals surface area contributed by atoms with E-state index in [1.54, 1.807) is 18.2 Å². The quantitative estimate of drug-likeness (QED) is 0.495. The van der Waals surface area contributed by atoms with Crippen molar-refractivity contribution in [2.24, 2.45) is 5.73 Å². The van der Waals surface area contributed by atoms with E-state index in [4.69, 9.17) is 16.0 Å². The summed E-state index contributed by atoms with van der Waals surface area (Å²) in [6.07, 6.45) is 2.30. The Balaban J connectivity index is 1.64. The molecule has 1 amide bonds. The molecule has 0 atom stereocenters. The molecular formula is C21H17N4O3. The lowest BCUT2D eigenvalue weighted by atomic mass is 9.99. The number of benzene rings is 2. The molecule has 0 saturated carbocycles. The molecule has 0 spiro atoms. The summed E-state index contributed by atoms with van der Waals surface area (Å²) in [5.41, 5.74) is 14.9. The van der Waals surface area contributed by atoms with E-state index in [1.165, 1.54) is 6.07 Å². The van der Waals surface area contributed by atoms with Gasteiger partial charge in [0.2, 0.25) is 11.5 Å². The lowest BCUT2D eigenvalue weighted by molar-refractivity contribution is 0.0999. The van der Waals surface area contributed by atoms with Gasteiger partial charge in [-0.05, 0) is 47.4 Å². The van der Waals surface area contributed by atoms with Crippen LogP contribution in [0.1, 0.15) is 21.6 Å². The minimum Gasteiger partial charge on any atom is -0.380 e. The van der Waals surface area contributed by atoms with Crippen LogP contribution in [-0.4, -0.2) is 16.0 Å². The fourth-order valence-electron chi connectivity index (χ4n) is 3.14. The van der Waals surface area contributed by atoms with E-state index in [0.717, 1.165) is 22.1 Å². The van der Waals surface area contributed by atoms with Crippen molar-refractivity contribution < 1.29 is 9.32 Å². The van der Waals surface area contributed by atoms with Gasteiger partial charge in [-0.3, -0.25) is 9.59 Å². The number of hydrogen-bond donors (Lipinski definition) is 3. The van der Waals surface area contributed by atoms with Crippen LogP contribution in [0.25, 0.3) is 22.1 Å². The average molecular weight is 373 g/mol. The lowest BCUT2D eigenvalue weighted by Crippen LogP contribution is -2.14. The van der Waals surface area contributed by atoms with E-state index in [1.807, 2.05) is 36.8 Å². The van der Waals surface area contributed by atoms with Crippen LogP contribution in [0.2, 0.25) is 0 Å². The molecule has 0 aliphatic rings. The zero-order valence-corrected chi connectivity index (χ0v) is 14.8. The molecule has 7 heteroatoms. The number of carbonyl (C=O) groups is 1. The monoisotopic (exact) mass is 373 g/mol. The molecule has 28 heavy (non-hydrogen) atoms. The summed E-state index contributed by atoms with van der Waals surface area (Å²) in [5, 5.41) is 4.47. The number of fused-ring (bicyclic) bond motifs is 1. The van der Waals surface area contributed by atoms with Gasteiger partial charge in [0.05, 0.1) is 5.39 Å². The Morgan fingerprint density at radius 3 is 2.75 bits per heavy atom. The van der Waals surface area contributed by atoms with Gasteiger partial charge in [-0.25, -0.2) is 0 Å². The maximum Gasteiger partial charge on any atom is 0.248 e. The van der Waals surface area contributed by atoms with Gasteiger partial charge in [0.25, 0.3) is 0 Å². The number of H-pyrrole nitrogens is 1. The summed E-state index contributed by atoms with van der Waals surface area (Å²) in [6.45, 7) is 0. The first-order valence-electron chi connectivity index (χ1n) is 8.62. The van der Waals surface area contributed by atoms with Gasteiger partial charge in [-0.1, -0.05) is 29.4 Å². The van der Waals surface area contributed by atoms with Crippen molar-refractivity contribution in [2.45, 2.75) is 6.42 Å². The number of nitrogens with two attached hydrogens (primary N) is 2. The molecule has 7 nitrogen and oxygen atoms in total. The van der Waals surface area contributed by atoms with E-state index in [2.05, 4.69) is 10.1 Å². The van der Waals surface area contributed by atoms with Gasteiger partial charge in [-0.2, -0.15) is 0 Å². The van der Waals surface area contributed by atoms with Crippen molar-refractivity contribution in [3.63, 3.8) is 0 Å². The molecule has 4 rings (SSSR count). The van der Waals surface area contributed by atoms with E-state index >= 15 is 0 Å². The van der Waals surface area contributed by atoms with Crippen molar-refractivity contribution in [2.75, 3.05) is 5.73 Å². The number of hydrogen-bond acceptors (Lipinski definition) is 5. The molecule has 0 bridgehead atoms. The summed E-state index contributed by atoms with van der Waals surface area (Å²) in [6, 6.07) is 15.9. The van der Waals surface area contributed by atoms with Crippen LogP contribution >= 0.6 is 0 Å². The number of aromatic amines is 1. The molecule has 0 saturated heterocycles. The number of rotatable bonds is 5. The third-order valence-electron chi connectivity index (χ3n) is 4.52. The minimum absolute atomic E-state index is 0.232. The van der Waals surface area contributed by atoms with Gasteiger partial charge in [0, 0.05) is 23.7 Å². The first kappa shape index (κ1) is 17.5. The lowest BCUT2D eigenvalue weighted by Gasteiger charge is -2.08. The first-order chi connectivity index (χ1) is 13.5. The summed E-state index contributed by atoms with van der Waals surface area (Å²) >= 11 is 0. The van der Waals surface area contributed by atoms with Crippen molar-refractivity contribution in [3.8, 4) is 11.1 Å². The number of nitrogen functional groups attached to an aromatic ring is 1. The van der Waals surface area contributed by atoms with Crippen LogP contribution in [0.5, 0.6) is 0 Å². The molecule has 5 N–H and O–H groups in total. The Hall–Kier alpha value is -3.87. The molecule has 0 fully saturated rings. The number of aromatic nitrogens is 2. The highest BCUT2D eigenvalue weighted by atomic mass is 16.5. The predicted octanol–water partition coefficient (Wildman–Crippen LogP) is 2.66. The van der Waals surface area contributed by atoms with Gasteiger partial charge < -0.3 is 21.0 Å². The molecular weight excluding hydrogens is 356 g/mol. The standard InChI is InChI=1S/C21H17N4O3/c22-20-17-8-6-13(10-18(17)28-25-20)14-9-15(24-19(26)11-14)7-5-12-3-1-2-4-16(12)21(23)27/h1-4,6-11H,5H2,(H2,22,25)(H2,23,27)(H,24,26). The average Bonchev–Trinajstić information content (AvgIpc) is 3.06. The number of primary amides is 1. The minimum atomic E-state index is -0.481. The van der Waals surface area contributed by atoms with Crippen LogP contribution < -0.4 is 17.0 Å². The van der Waals surface area contributed by atoms with Crippen LogP contribution in [-0.2, 0) is 6.42 Å². The molecule has 4 aromatic rings. The molecule has 0 aliphatic heterocycles. The third kappa shape index (κ3) is 3.37. The molecule has 0 aliphatic carbocycles. The summed E-state index contributed by atoms with van der Waals surface area (Å²) in [5.74, 6) is -0.152. The molecule has 2 aromatic heterocycles. The van der Waals surface area contributed by atoms with Crippen molar-refractivity contribution in [3.05, 3.63) is 88.2 Å². The molecule has 2 aromatic carbocycles. The van der Waals surface area contributed by atoms with Gasteiger partial charge in [0.15, 0.2) is 11.4 Å². The van der Waals surface area contributed by atoms with E-state index < -0.39 is 5.91 Å². The number of nitrogens with one attached hydrogen (secondary N) is 1. The molecule has 0 unspecified atom stereocenters. The van der Waals surface area contributed by atoms with Crippen LogP contribution in [0.15, 0.2) is 63.9 Å². The van der Waals surface area contributed by atoms with Crippen LogP contribution in [0.4, 0.5) is 5.82 Å². The fourth-order valence-corrected chi connectivity index (χ4v) is 3.14. The predicted molar refractivity (Wildman–Crippen MR) is 107 cm³/mol. The normalized spacial score (nSPS) is 11.0. The topological polar surface area (TPSA) is 128 Å². The number of amides is 1. The number of carbonyl (C=O) groups excluding carboxylic acids is 1. The number of nitrogens with zero attached hydrogens (tertiary/aromatic N) is 1. The molecule has 1 radical (unpaired) electrons. The zero-order chi connectivity index (χ0) is 19.7. The Bertz CT molecular complexity index is 1240. The zero-order valence-electron chi connectivity index (χ0n) is 14.8. The van der Waals surface area contributed by atoms with Gasteiger partial charge in [-0.15, -0.1) is 0 Å². The highest BCUT2D eigenvalue weighted by Gasteiger charge is 2.10. The maximum absolute atomic E-state index is 12.1. The summed E-state index contributed by atoms with van der Waals surface area (Å²) in [7, 11) is 0. The number of anilines is 1. The third-order valence-corrected chi connectivity index (χ3v) is 4.52. The summed E-state index contributed by atoms with van der Waals surface area (Å²) < 4.78 is 5.20. The Labute approximate surface area is 160 Å². The van der Waals surface area contributed by atoms with Crippen LogP contribution in [0.3, 0.4) is 0 Å². The SMILES string of the molecule is NC(=O)c1ccccc1C[CH]c1cc(-c2ccc3c(N)noc3c2)cc(=O)[nH]1. The first-order valence-corrected chi connectivity index (χ1v) is 8.62. The Morgan fingerprint density at radius 1 is 1.11 bits per heavy atom. The van der Waals surface area contributed by atoms with Crippen molar-refractivity contribution >= 4 is 22.7 Å². The second-order valence-electron chi connectivity index (χ2n) is 6.40. The number of pyridine rings is 1. The van der Waals surface area contributed by atoms with E-state index in [-0.39, 0.29) is 5.56 Å². The van der Waals surface area contributed by atoms with Crippen molar-refractivity contribution in [1.82, 2.24) is 10.1 Å².